The van der Waals surface area contributed by atoms with Crippen LogP contribution in [0, 0.1) is 6.42 Å². The zero-order valence-corrected chi connectivity index (χ0v) is 22.6. The van der Waals surface area contributed by atoms with Crippen molar-refractivity contribution in [3.63, 3.8) is 0 Å². The van der Waals surface area contributed by atoms with Crippen molar-refractivity contribution in [3.05, 3.63) is 76.2 Å². The molecule has 159 valence electrons. The molecule has 0 amide bonds. The predicted octanol–water partition coefficient (Wildman–Crippen LogP) is 10.6. The first-order chi connectivity index (χ1) is 12.9. The fourth-order valence-corrected chi connectivity index (χ4v) is 4.06. The van der Waals surface area contributed by atoms with Gasteiger partial charge in [0.25, 0.3) is 0 Å². The second kappa shape index (κ2) is 9.65. The van der Waals surface area contributed by atoms with Gasteiger partial charge in [0.2, 0.25) is 15.2 Å². The molecular weight excluding hydrogens is 630 g/mol. The lowest BCUT2D eigenvalue weighted by Crippen LogP contribution is -2.12. The van der Waals surface area contributed by atoms with E-state index in [9.17, 15) is 0 Å². The van der Waals surface area contributed by atoms with Crippen LogP contribution in [0.15, 0.2) is 36.4 Å². The fraction of sp³-hybridized carbons (Fsp3) is 0.235. The van der Waals surface area contributed by atoms with Crippen LogP contribution in [-0.2, 0) is 15.2 Å². The third-order valence-corrected chi connectivity index (χ3v) is 6.21. The Morgan fingerprint density at radius 2 is 0.759 bits per heavy atom. The lowest BCUT2D eigenvalue weighted by atomic mass is 9.95. The molecule has 0 heterocycles. The quantitative estimate of drug-likeness (QED) is 0.288. The van der Waals surface area contributed by atoms with Crippen molar-refractivity contribution in [3.8, 4) is 0 Å². The molecule has 2 rings (SSSR count). The lowest BCUT2D eigenvalue weighted by Gasteiger charge is -2.23. The Morgan fingerprint density at radius 1 is 0.448 bits per heavy atom. The summed E-state index contributed by atoms with van der Waals surface area (Å²) in [5.41, 5.74) is 2.11. The van der Waals surface area contributed by atoms with E-state index >= 15 is 0 Å². The molecule has 0 saturated carbocycles. The fourth-order valence-electron chi connectivity index (χ4n) is 2.38. The summed E-state index contributed by atoms with van der Waals surface area (Å²) in [6.45, 7) is 0. The van der Waals surface area contributed by atoms with Gasteiger partial charge in [-0.3, -0.25) is 0 Å². The maximum Gasteiger partial charge on any atom is 0.216 e. The van der Waals surface area contributed by atoms with Crippen LogP contribution < -0.4 is 0 Å². The van der Waals surface area contributed by atoms with Crippen LogP contribution in [-0.4, -0.2) is 0 Å². The van der Waals surface area contributed by atoms with Gasteiger partial charge < -0.3 is 0 Å². The summed E-state index contributed by atoms with van der Waals surface area (Å²) in [4.78, 5) is 0. The maximum atomic E-state index is 6.12. The van der Waals surface area contributed by atoms with Crippen molar-refractivity contribution in [1.29, 1.82) is 0 Å². The van der Waals surface area contributed by atoms with Gasteiger partial charge in [-0.1, -0.05) is 163 Å². The minimum atomic E-state index is -1.82. The summed E-state index contributed by atoms with van der Waals surface area (Å²) in [7, 11) is 0. The number of benzene rings is 2. The van der Waals surface area contributed by atoms with E-state index in [1.165, 1.54) is 12.1 Å². The van der Waals surface area contributed by atoms with Crippen LogP contribution in [0.3, 0.4) is 0 Å². The van der Waals surface area contributed by atoms with Crippen LogP contribution in [0.2, 0.25) is 0 Å². The highest BCUT2D eigenvalue weighted by molar-refractivity contribution is 6.68. The van der Waals surface area contributed by atoms with Gasteiger partial charge in [0.1, 0.15) is 0 Å². The van der Waals surface area contributed by atoms with E-state index in [-0.39, 0.29) is 11.1 Å². The monoisotopic (exact) mass is 631 g/mol. The second-order valence-electron chi connectivity index (χ2n) is 5.74. The molecule has 0 fully saturated rings. The molecule has 0 aliphatic rings. The summed E-state index contributed by atoms with van der Waals surface area (Å²) < 4.78 is -7.07. The highest BCUT2D eigenvalue weighted by atomic mass is 35.6. The van der Waals surface area contributed by atoms with Crippen LogP contribution >= 0.6 is 139 Å². The van der Waals surface area contributed by atoms with Gasteiger partial charge in [0.15, 0.2) is 0 Å². The van der Waals surface area contributed by atoms with Gasteiger partial charge in [-0.25, -0.2) is 0 Å². The van der Waals surface area contributed by atoms with Crippen molar-refractivity contribution in [2.75, 3.05) is 0 Å². The minimum Gasteiger partial charge on any atom is -0.0784 e. The van der Waals surface area contributed by atoms with Crippen molar-refractivity contribution >= 4 is 139 Å². The maximum absolute atomic E-state index is 6.12. The smallest absolute Gasteiger partial charge is 0.0784 e. The van der Waals surface area contributed by atoms with E-state index in [1.54, 1.807) is 30.7 Å². The van der Waals surface area contributed by atoms with E-state index in [4.69, 9.17) is 139 Å². The second-order valence-corrected chi connectivity index (χ2v) is 14.9. The molecule has 12 heteroatoms. The van der Waals surface area contributed by atoms with E-state index in [1.807, 2.05) is 0 Å². The van der Waals surface area contributed by atoms with Crippen LogP contribution in [0.4, 0.5) is 0 Å². The molecule has 1 radical (unpaired) electrons. The Bertz CT molecular complexity index is 808. The van der Waals surface area contributed by atoms with Crippen LogP contribution in [0.25, 0.3) is 0 Å². The van der Waals surface area contributed by atoms with Gasteiger partial charge in [0, 0.05) is 28.7 Å². The molecule has 0 N–H and O–H groups in total. The normalized spacial score (nSPS) is 13.7. The first-order valence-corrected chi connectivity index (χ1v) is 11.9. The molecule has 0 nitrogen and oxygen atoms in total. The molecule has 29 heavy (non-hydrogen) atoms. The van der Waals surface area contributed by atoms with E-state index in [0.717, 1.165) is 0 Å². The van der Waals surface area contributed by atoms with Gasteiger partial charge in [-0.2, -0.15) is 0 Å². The van der Waals surface area contributed by atoms with Crippen molar-refractivity contribution in [2.24, 2.45) is 0 Å². The van der Waals surface area contributed by atoms with Crippen LogP contribution in [0.5, 0.6) is 0 Å². The van der Waals surface area contributed by atoms with Crippen molar-refractivity contribution in [2.45, 2.75) is 15.2 Å². The number of rotatable bonds is 2. The third-order valence-electron chi connectivity index (χ3n) is 3.68. The zero-order chi connectivity index (χ0) is 22.4. The summed E-state index contributed by atoms with van der Waals surface area (Å²) in [5, 5.41) is 0. The van der Waals surface area contributed by atoms with Crippen molar-refractivity contribution in [1.82, 2.24) is 0 Å². The summed E-state index contributed by atoms with van der Waals surface area (Å²) >= 11 is 72.3. The standard InChI is InChI=1S/C17H7Cl12/c18-14(19,20)10-3-1-8(12(6-10)16(24,25)26)5-9-2-4-11(15(21,22)23)7-13(9)17(27,28)29/h1-7H. The van der Waals surface area contributed by atoms with Crippen LogP contribution in [0.1, 0.15) is 33.4 Å². The molecule has 2 aromatic rings. The van der Waals surface area contributed by atoms with Gasteiger partial charge in [-0.05, 0) is 23.3 Å². The average Bonchev–Trinajstić information content (AvgIpc) is 2.51. The molecule has 0 unspecified atom stereocenters. The Balaban J connectivity index is 2.62. The molecule has 2 aromatic carbocycles. The van der Waals surface area contributed by atoms with Gasteiger partial charge in [-0.15, -0.1) is 0 Å². The molecule has 0 aliphatic carbocycles. The molecule has 0 atom stereocenters. The Hall–Kier alpha value is 1.92. The molecule has 0 saturated heterocycles. The number of hydrogen-bond acceptors (Lipinski definition) is 0. The Kier molecular flexibility index (Phi) is 9.04. The lowest BCUT2D eigenvalue weighted by molar-refractivity contribution is 1.12. The number of alkyl halides is 12. The molecule has 0 aromatic heterocycles. The predicted molar refractivity (Wildman–Crippen MR) is 132 cm³/mol. The zero-order valence-electron chi connectivity index (χ0n) is 13.6. The van der Waals surface area contributed by atoms with Gasteiger partial charge >= 0.3 is 0 Å². The minimum absolute atomic E-state index is 0.257. The van der Waals surface area contributed by atoms with E-state index < -0.39 is 15.2 Å². The SMILES string of the molecule is ClC(Cl)(Cl)c1ccc([CH]c2ccc(C(Cl)(Cl)Cl)cc2C(Cl)(Cl)Cl)c(C(Cl)(Cl)Cl)c1. The third kappa shape index (κ3) is 7.46. The average molecular weight is 637 g/mol. The topological polar surface area (TPSA) is 0 Å². The molecule has 0 bridgehead atoms. The highest BCUT2D eigenvalue weighted by Crippen LogP contribution is 2.48. The molecule has 0 aliphatic heterocycles. The Morgan fingerprint density at radius 3 is 1.00 bits per heavy atom. The summed E-state index contributed by atoms with van der Waals surface area (Å²) in [5.74, 6) is 0. The number of halogens is 12. The van der Waals surface area contributed by atoms with E-state index in [0.29, 0.717) is 22.3 Å². The van der Waals surface area contributed by atoms with Crippen molar-refractivity contribution < 1.29 is 0 Å². The highest BCUT2D eigenvalue weighted by Gasteiger charge is 2.33. The number of hydrogen-bond donors (Lipinski definition) is 0. The summed E-state index contributed by atoms with van der Waals surface area (Å²) in [6.07, 6.45) is 1.64. The summed E-state index contributed by atoms with van der Waals surface area (Å²) in [6, 6.07) is 9.30. The molecular formula is C17H7Cl12. The van der Waals surface area contributed by atoms with E-state index in [2.05, 4.69) is 0 Å². The largest absolute Gasteiger partial charge is 0.216 e. The first-order valence-electron chi connectivity index (χ1n) is 7.32. The first kappa shape index (κ1) is 27.2. The van der Waals surface area contributed by atoms with Gasteiger partial charge in [0.05, 0.1) is 0 Å². The Labute approximate surface area is 228 Å². The molecule has 0 spiro atoms.